The van der Waals surface area contributed by atoms with Crippen molar-refractivity contribution in [2.45, 2.75) is 6.54 Å². The van der Waals surface area contributed by atoms with Gasteiger partial charge in [-0.1, -0.05) is 23.7 Å². The monoisotopic (exact) mass is 402 g/mol. The normalized spacial score (nSPS) is 11.0. The predicted molar refractivity (Wildman–Crippen MR) is 103 cm³/mol. The lowest BCUT2D eigenvalue weighted by Gasteiger charge is -2.03. The summed E-state index contributed by atoms with van der Waals surface area (Å²) >= 11 is 8.67. The summed E-state index contributed by atoms with van der Waals surface area (Å²) in [6.45, 7) is 0.239. The number of carbonyl (C=O) groups is 1. The van der Waals surface area contributed by atoms with Crippen LogP contribution < -0.4 is 10.9 Å². The van der Waals surface area contributed by atoms with E-state index in [1.165, 1.54) is 33.3 Å². The molecule has 0 aliphatic rings. The van der Waals surface area contributed by atoms with Gasteiger partial charge in [-0.3, -0.25) is 14.0 Å². The van der Waals surface area contributed by atoms with Crippen LogP contribution in [-0.4, -0.2) is 20.3 Å². The molecule has 9 heteroatoms. The number of hydrogen-bond acceptors (Lipinski definition) is 6. The van der Waals surface area contributed by atoms with Crippen molar-refractivity contribution >= 4 is 45.1 Å². The van der Waals surface area contributed by atoms with Gasteiger partial charge in [0.25, 0.3) is 11.5 Å². The van der Waals surface area contributed by atoms with Gasteiger partial charge in [-0.05, 0) is 12.1 Å². The highest BCUT2D eigenvalue weighted by molar-refractivity contribution is 7.15. The summed E-state index contributed by atoms with van der Waals surface area (Å²) < 4.78 is 1.36. The first kappa shape index (κ1) is 16.9. The summed E-state index contributed by atoms with van der Waals surface area (Å²) in [5.41, 5.74) is 1.40. The summed E-state index contributed by atoms with van der Waals surface area (Å²) in [5.74, 6) is -0.466. The molecule has 0 spiro atoms. The Kier molecular flexibility index (Phi) is 4.54. The van der Waals surface area contributed by atoms with E-state index in [1.54, 1.807) is 23.7 Å². The molecular formula is C17H11ClN4O2S2. The van der Waals surface area contributed by atoms with Crippen molar-refractivity contribution in [3.63, 3.8) is 0 Å². The Balaban J connectivity index is 1.48. The first-order chi connectivity index (χ1) is 12.6. The average Bonchev–Trinajstić information content (AvgIpc) is 3.30. The van der Waals surface area contributed by atoms with Crippen molar-refractivity contribution in [1.29, 1.82) is 0 Å². The summed E-state index contributed by atoms with van der Waals surface area (Å²) in [6, 6.07) is 7.39. The zero-order valence-electron chi connectivity index (χ0n) is 13.2. The van der Waals surface area contributed by atoms with Gasteiger partial charge in [0.1, 0.15) is 10.6 Å². The van der Waals surface area contributed by atoms with Crippen molar-refractivity contribution < 1.29 is 4.79 Å². The second-order valence-corrected chi connectivity index (χ2v) is 7.60. The maximum atomic E-state index is 12.3. The molecule has 0 bridgehead atoms. The minimum Gasteiger partial charge on any atom is -0.345 e. The molecule has 6 nitrogen and oxygen atoms in total. The Hall–Kier alpha value is -2.55. The van der Waals surface area contributed by atoms with Gasteiger partial charge < -0.3 is 5.32 Å². The maximum Gasteiger partial charge on any atom is 0.271 e. The molecule has 4 aromatic rings. The van der Waals surface area contributed by atoms with Gasteiger partial charge in [-0.25, -0.2) is 9.97 Å². The highest BCUT2D eigenvalue weighted by atomic mass is 35.5. The van der Waals surface area contributed by atoms with E-state index in [-0.39, 0.29) is 17.7 Å². The Morgan fingerprint density at radius 2 is 2.04 bits per heavy atom. The van der Waals surface area contributed by atoms with E-state index >= 15 is 0 Å². The molecule has 130 valence electrons. The Morgan fingerprint density at radius 3 is 2.85 bits per heavy atom. The Morgan fingerprint density at radius 1 is 1.23 bits per heavy atom. The maximum absolute atomic E-state index is 12.3. The van der Waals surface area contributed by atoms with Crippen molar-refractivity contribution in [3.05, 3.63) is 73.4 Å². The molecule has 26 heavy (non-hydrogen) atoms. The molecule has 0 fully saturated rings. The zero-order valence-corrected chi connectivity index (χ0v) is 15.6. The van der Waals surface area contributed by atoms with E-state index in [0.717, 1.165) is 16.3 Å². The molecule has 0 saturated heterocycles. The number of benzene rings is 1. The fourth-order valence-corrected chi connectivity index (χ4v) is 3.92. The largest absolute Gasteiger partial charge is 0.345 e. The molecule has 3 aromatic heterocycles. The van der Waals surface area contributed by atoms with Crippen LogP contribution in [0.15, 0.2) is 52.2 Å². The molecule has 0 aliphatic heterocycles. The van der Waals surface area contributed by atoms with E-state index < -0.39 is 5.91 Å². The van der Waals surface area contributed by atoms with E-state index in [1.807, 2.05) is 17.5 Å². The molecule has 0 radical (unpaired) electrons. The molecule has 1 aromatic carbocycles. The second kappa shape index (κ2) is 6.99. The second-order valence-electron chi connectivity index (χ2n) is 5.35. The number of rotatable bonds is 4. The first-order valence-corrected chi connectivity index (χ1v) is 9.69. The third kappa shape index (κ3) is 3.26. The van der Waals surface area contributed by atoms with Crippen molar-refractivity contribution in [2.75, 3.05) is 0 Å². The lowest BCUT2D eigenvalue weighted by molar-refractivity contribution is 0.0949. The molecule has 3 heterocycles. The average molecular weight is 403 g/mol. The molecule has 0 aliphatic carbocycles. The van der Waals surface area contributed by atoms with Gasteiger partial charge in [0.05, 0.1) is 12.2 Å². The standard InChI is InChI=1S/C17H11ClN4O2S2/c18-11-3-1-10(2-4-11)13-9-26-14(21-13)8-19-15(23)12-7-20-17-22(16(12)24)5-6-25-17/h1-7,9H,8H2,(H,19,23). The number of halogens is 1. The number of hydrogen-bond donors (Lipinski definition) is 1. The number of carbonyl (C=O) groups excluding carboxylic acids is 1. The first-order valence-electron chi connectivity index (χ1n) is 7.55. The number of nitrogens with one attached hydrogen (secondary N) is 1. The minimum atomic E-state index is -0.466. The third-order valence-corrected chi connectivity index (χ3v) is 5.55. The molecule has 4 rings (SSSR count). The SMILES string of the molecule is O=C(NCc1nc(-c2ccc(Cl)cc2)cs1)c1cnc2sccn2c1=O. The van der Waals surface area contributed by atoms with E-state index in [4.69, 9.17) is 11.6 Å². The molecule has 0 atom stereocenters. The van der Waals surface area contributed by atoms with Crippen molar-refractivity contribution in [1.82, 2.24) is 19.7 Å². The number of aromatic nitrogens is 3. The lowest BCUT2D eigenvalue weighted by atomic mass is 10.2. The van der Waals surface area contributed by atoms with Crippen LogP contribution in [-0.2, 0) is 6.54 Å². The number of nitrogens with zero attached hydrogens (tertiary/aromatic N) is 3. The highest BCUT2D eigenvalue weighted by Gasteiger charge is 2.14. The van der Waals surface area contributed by atoms with Gasteiger partial charge in [-0.15, -0.1) is 22.7 Å². The van der Waals surface area contributed by atoms with Gasteiger partial charge >= 0.3 is 0 Å². The minimum absolute atomic E-state index is 0.00961. The summed E-state index contributed by atoms with van der Waals surface area (Å²) in [4.78, 5) is 33.8. The molecule has 0 unspecified atom stereocenters. The zero-order chi connectivity index (χ0) is 18.1. The van der Waals surface area contributed by atoms with Crippen LogP contribution in [0.5, 0.6) is 0 Å². The van der Waals surface area contributed by atoms with Crippen LogP contribution in [0.1, 0.15) is 15.4 Å². The van der Waals surface area contributed by atoms with Crippen LogP contribution in [0.4, 0.5) is 0 Å². The Bertz CT molecular complexity index is 1150. The fourth-order valence-electron chi connectivity index (χ4n) is 2.38. The topological polar surface area (TPSA) is 76.4 Å². The number of thiazole rings is 2. The predicted octanol–water partition coefficient (Wildman–Crippen LogP) is 3.46. The van der Waals surface area contributed by atoms with Gasteiger partial charge in [0.2, 0.25) is 0 Å². The summed E-state index contributed by atoms with van der Waals surface area (Å²) in [5, 5.41) is 7.80. The van der Waals surface area contributed by atoms with Gasteiger partial charge in [-0.2, -0.15) is 0 Å². The third-order valence-electron chi connectivity index (χ3n) is 3.68. The van der Waals surface area contributed by atoms with Crippen molar-refractivity contribution in [3.8, 4) is 11.3 Å². The van der Waals surface area contributed by atoms with Crippen LogP contribution >= 0.6 is 34.3 Å². The number of fused-ring (bicyclic) bond motifs is 1. The lowest BCUT2D eigenvalue weighted by Crippen LogP contribution is -2.30. The summed E-state index contributed by atoms with van der Waals surface area (Å²) in [6.07, 6.45) is 2.91. The van der Waals surface area contributed by atoms with E-state index in [0.29, 0.717) is 9.98 Å². The molecule has 1 amide bonds. The van der Waals surface area contributed by atoms with E-state index in [9.17, 15) is 9.59 Å². The van der Waals surface area contributed by atoms with Crippen molar-refractivity contribution in [2.24, 2.45) is 0 Å². The van der Waals surface area contributed by atoms with Crippen LogP contribution in [0.2, 0.25) is 5.02 Å². The molecule has 0 saturated carbocycles. The highest BCUT2D eigenvalue weighted by Crippen LogP contribution is 2.23. The van der Waals surface area contributed by atoms with Crippen LogP contribution in [0.25, 0.3) is 16.2 Å². The van der Waals surface area contributed by atoms with Crippen LogP contribution in [0.3, 0.4) is 0 Å². The van der Waals surface area contributed by atoms with E-state index in [2.05, 4.69) is 15.3 Å². The summed E-state index contributed by atoms with van der Waals surface area (Å²) in [7, 11) is 0. The molecular weight excluding hydrogens is 392 g/mol. The Labute approximate surface area is 160 Å². The quantitative estimate of drug-likeness (QED) is 0.567. The number of amides is 1. The fraction of sp³-hybridized carbons (Fsp3) is 0.0588. The smallest absolute Gasteiger partial charge is 0.271 e. The van der Waals surface area contributed by atoms with Crippen LogP contribution in [0, 0.1) is 0 Å². The van der Waals surface area contributed by atoms with Gasteiger partial charge in [0.15, 0.2) is 4.96 Å². The van der Waals surface area contributed by atoms with Gasteiger partial charge in [0, 0.05) is 33.7 Å². The molecule has 1 N–H and O–H groups in total.